The lowest BCUT2D eigenvalue weighted by Gasteiger charge is -2.28. The molecule has 0 aromatic heterocycles. The van der Waals surface area contributed by atoms with E-state index in [1.807, 2.05) is 31.3 Å². The second kappa shape index (κ2) is 6.27. The number of halogens is 1. The third kappa shape index (κ3) is 3.90. The summed E-state index contributed by atoms with van der Waals surface area (Å²) in [6, 6.07) is 7.68. The predicted molar refractivity (Wildman–Crippen MR) is 71.8 cm³/mol. The molecule has 1 aromatic carbocycles. The first-order valence-corrected chi connectivity index (χ1v) is 6.72. The molecular weight excluding hydrogens is 234 g/mol. The molecule has 0 unspecified atom stereocenters. The van der Waals surface area contributed by atoms with Crippen LogP contribution < -0.4 is 10.1 Å². The van der Waals surface area contributed by atoms with Crippen LogP contribution in [-0.4, -0.2) is 19.7 Å². The zero-order chi connectivity index (χ0) is 12.1. The second-order valence-electron chi connectivity index (χ2n) is 4.78. The summed E-state index contributed by atoms with van der Waals surface area (Å²) in [7, 11) is 2.02. The fourth-order valence-electron chi connectivity index (χ4n) is 2.48. The number of ether oxygens (including phenoxy) is 1. The van der Waals surface area contributed by atoms with E-state index in [1.165, 1.54) is 12.8 Å². The minimum Gasteiger partial charge on any atom is -0.490 e. The van der Waals surface area contributed by atoms with E-state index < -0.39 is 0 Å². The molecule has 1 saturated carbocycles. The Morgan fingerprint density at radius 1 is 1.29 bits per heavy atom. The average Bonchev–Trinajstić information content (AvgIpc) is 2.32. The van der Waals surface area contributed by atoms with Crippen LogP contribution in [0.5, 0.6) is 5.75 Å². The lowest BCUT2D eigenvalue weighted by atomic mass is 9.87. The number of hydrogen-bond acceptors (Lipinski definition) is 2. The van der Waals surface area contributed by atoms with Crippen LogP contribution in [-0.2, 0) is 0 Å². The molecule has 17 heavy (non-hydrogen) atoms. The fraction of sp³-hybridized carbons (Fsp3) is 0.571. The van der Waals surface area contributed by atoms with Crippen molar-refractivity contribution in [2.45, 2.75) is 31.8 Å². The Balaban J connectivity index is 1.82. The molecule has 0 aliphatic heterocycles. The van der Waals surface area contributed by atoms with Gasteiger partial charge >= 0.3 is 0 Å². The summed E-state index contributed by atoms with van der Waals surface area (Å²) in [5, 5.41) is 3.99. The van der Waals surface area contributed by atoms with Gasteiger partial charge in [-0.25, -0.2) is 0 Å². The van der Waals surface area contributed by atoms with Crippen LogP contribution in [0.2, 0.25) is 5.02 Å². The Morgan fingerprint density at radius 3 is 2.71 bits per heavy atom. The van der Waals surface area contributed by atoms with E-state index in [4.69, 9.17) is 16.3 Å². The second-order valence-corrected chi connectivity index (χ2v) is 5.21. The van der Waals surface area contributed by atoms with Gasteiger partial charge in [-0.05, 0) is 63.4 Å². The van der Waals surface area contributed by atoms with Gasteiger partial charge in [0, 0.05) is 5.02 Å². The normalized spacial score (nSPS) is 24.6. The van der Waals surface area contributed by atoms with Crippen LogP contribution in [0.25, 0.3) is 0 Å². The third-order valence-corrected chi connectivity index (χ3v) is 3.62. The lowest BCUT2D eigenvalue weighted by molar-refractivity contribution is 0.131. The summed E-state index contributed by atoms with van der Waals surface area (Å²) in [5.74, 6) is 1.72. The van der Waals surface area contributed by atoms with Gasteiger partial charge in [0.05, 0.1) is 6.10 Å². The van der Waals surface area contributed by atoms with Gasteiger partial charge in [0.2, 0.25) is 0 Å². The van der Waals surface area contributed by atoms with Crippen LogP contribution in [0.3, 0.4) is 0 Å². The topological polar surface area (TPSA) is 21.3 Å². The van der Waals surface area contributed by atoms with E-state index >= 15 is 0 Å². The number of benzene rings is 1. The van der Waals surface area contributed by atoms with Crippen molar-refractivity contribution in [3.8, 4) is 5.75 Å². The maximum atomic E-state index is 5.96. The van der Waals surface area contributed by atoms with Crippen LogP contribution in [0.4, 0.5) is 0 Å². The van der Waals surface area contributed by atoms with Crippen LogP contribution in [0.15, 0.2) is 24.3 Å². The fourth-order valence-corrected chi connectivity index (χ4v) is 2.66. The van der Waals surface area contributed by atoms with Gasteiger partial charge < -0.3 is 10.1 Å². The SMILES string of the molecule is CNCC1CCC(Oc2cccc(Cl)c2)CC1. The smallest absolute Gasteiger partial charge is 0.121 e. The van der Waals surface area contributed by atoms with Crippen LogP contribution in [0.1, 0.15) is 25.7 Å². The highest BCUT2D eigenvalue weighted by molar-refractivity contribution is 6.30. The summed E-state index contributed by atoms with van der Waals surface area (Å²) >= 11 is 5.94. The lowest BCUT2D eigenvalue weighted by Crippen LogP contribution is -2.28. The molecule has 0 atom stereocenters. The van der Waals surface area contributed by atoms with E-state index in [9.17, 15) is 0 Å². The molecule has 0 amide bonds. The van der Waals surface area contributed by atoms with E-state index in [-0.39, 0.29) is 0 Å². The molecular formula is C14H20ClNO. The summed E-state index contributed by atoms with van der Waals surface area (Å²) in [5.41, 5.74) is 0. The Kier molecular flexibility index (Phi) is 4.69. The number of nitrogens with one attached hydrogen (secondary N) is 1. The standard InChI is InChI=1S/C14H20ClNO/c1-16-10-11-5-7-13(8-6-11)17-14-4-2-3-12(15)9-14/h2-4,9,11,13,16H,5-8,10H2,1H3. The van der Waals surface area contributed by atoms with Gasteiger partial charge in [-0.15, -0.1) is 0 Å². The van der Waals surface area contributed by atoms with Gasteiger partial charge in [-0.3, -0.25) is 0 Å². The van der Waals surface area contributed by atoms with E-state index in [2.05, 4.69) is 5.32 Å². The first-order chi connectivity index (χ1) is 8.28. The molecule has 0 heterocycles. The van der Waals surface area contributed by atoms with Crippen molar-refractivity contribution in [1.29, 1.82) is 0 Å². The monoisotopic (exact) mass is 253 g/mol. The van der Waals surface area contributed by atoms with E-state index in [0.717, 1.165) is 36.1 Å². The number of hydrogen-bond donors (Lipinski definition) is 1. The molecule has 0 spiro atoms. The zero-order valence-corrected chi connectivity index (χ0v) is 11.0. The van der Waals surface area contributed by atoms with Crippen molar-refractivity contribution in [2.24, 2.45) is 5.92 Å². The first-order valence-electron chi connectivity index (χ1n) is 6.34. The summed E-state index contributed by atoms with van der Waals surface area (Å²) in [6.45, 7) is 1.13. The number of rotatable bonds is 4. The highest BCUT2D eigenvalue weighted by Gasteiger charge is 2.21. The van der Waals surface area contributed by atoms with E-state index in [1.54, 1.807) is 0 Å². The van der Waals surface area contributed by atoms with E-state index in [0.29, 0.717) is 6.10 Å². The maximum absolute atomic E-state index is 5.96. The van der Waals surface area contributed by atoms with Crippen molar-refractivity contribution < 1.29 is 4.74 Å². The maximum Gasteiger partial charge on any atom is 0.121 e. The van der Waals surface area contributed by atoms with Gasteiger partial charge in [0.1, 0.15) is 5.75 Å². The molecule has 1 aliphatic rings. The Labute approximate surface area is 108 Å². The van der Waals surface area contributed by atoms with Gasteiger partial charge in [0.25, 0.3) is 0 Å². The van der Waals surface area contributed by atoms with Crippen molar-refractivity contribution in [1.82, 2.24) is 5.32 Å². The third-order valence-electron chi connectivity index (χ3n) is 3.39. The molecule has 0 bridgehead atoms. The minimum atomic E-state index is 0.363. The van der Waals surface area contributed by atoms with Crippen LogP contribution in [0, 0.1) is 5.92 Å². The first kappa shape index (κ1) is 12.7. The molecule has 1 fully saturated rings. The van der Waals surface area contributed by atoms with Crippen molar-refractivity contribution in [3.05, 3.63) is 29.3 Å². The summed E-state index contributed by atoms with van der Waals surface area (Å²) in [6.07, 6.45) is 5.18. The molecule has 1 aromatic rings. The largest absolute Gasteiger partial charge is 0.490 e. The average molecular weight is 254 g/mol. The summed E-state index contributed by atoms with van der Waals surface area (Å²) < 4.78 is 5.96. The Bertz CT molecular complexity index is 348. The molecule has 1 N–H and O–H groups in total. The molecule has 0 saturated heterocycles. The predicted octanol–water partition coefficient (Wildman–Crippen LogP) is 3.50. The summed E-state index contributed by atoms with van der Waals surface area (Å²) in [4.78, 5) is 0. The quantitative estimate of drug-likeness (QED) is 0.887. The zero-order valence-electron chi connectivity index (χ0n) is 10.3. The molecule has 3 heteroatoms. The Morgan fingerprint density at radius 2 is 2.06 bits per heavy atom. The van der Waals surface area contributed by atoms with Crippen molar-refractivity contribution in [3.63, 3.8) is 0 Å². The van der Waals surface area contributed by atoms with Gasteiger partial charge in [0.15, 0.2) is 0 Å². The van der Waals surface area contributed by atoms with Crippen molar-refractivity contribution >= 4 is 11.6 Å². The molecule has 2 nitrogen and oxygen atoms in total. The highest BCUT2D eigenvalue weighted by atomic mass is 35.5. The molecule has 0 radical (unpaired) electrons. The highest BCUT2D eigenvalue weighted by Crippen LogP contribution is 2.28. The van der Waals surface area contributed by atoms with Crippen LogP contribution >= 0.6 is 11.6 Å². The molecule has 94 valence electrons. The van der Waals surface area contributed by atoms with Gasteiger partial charge in [-0.2, -0.15) is 0 Å². The minimum absolute atomic E-state index is 0.363. The molecule has 2 rings (SSSR count). The molecule has 1 aliphatic carbocycles. The Hall–Kier alpha value is -0.730. The van der Waals surface area contributed by atoms with Gasteiger partial charge in [-0.1, -0.05) is 17.7 Å². The van der Waals surface area contributed by atoms with Crippen molar-refractivity contribution in [2.75, 3.05) is 13.6 Å².